The maximum atomic E-state index is 10.9. The molecule has 2 rings (SSSR count). The van der Waals surface area contributed by atoms with E-state index in [0.717, 1.165) is 12.7 Å². The molecule has 0 amide bonds. The largest absolute Gasteiger partial charge is 0.507 e. The monoisotopic (exact) mass is 651 g/mol. The number of phenolic OH excluding ortho intramolecular Hbond substituents is 1. The number of hydrogen-bond donors (Lipinski definition) is 3. The van der Waals surface area contributed by atoms with Crippen LogP contribution >= 0.6 is 67.8 Å². The molecular formula is C15H12I3NO4. The first-order valence-corrected chi connectivity index (χ1v) is 9.65. The molecule has 4 N–H and O–H groups in total. The molecule has 23 heavy (non-hydrogen) atoms. The average molecular weight is 651 g/mol. The Hall–Kier alpha value is -0.340. The number of carbonyl (C=O) groups is 1. The predicted molar refractivity (Wildman–Crippen MR) is 112 cm³/mol. The van der Waals surface area contributed by atoms with Crippen molar-refractivity contribution in [3.05, 3.63) is 46.6 Å². The summed E-state index contributed by atoms with van der Waals surface area (Å²) in [6.07, 6.45) is 0.255. The van der Waals surface area contributed by atoms with Crippen molar-refractivity contribution in [1.82, 2.24) is 0 Å². The van der Waals surface area contributed by atoms with Crippen LogP contribution in [0.5, 0.6) is 17.2 Å². The Morgan fingerprint density at radius 3 is 2.39 bits per heavy atom. The van der Waals surface area contributed by atoms with E-state index in [9.17, 15) is 9.90 Å². The molecule has 0 aromatic heterocycles. The standard InChI is InChI=1S/C15H12I3NO4/c16-8-4-7(6-10(19)15(21)22)5-9(17)14(8)23-12-3-1-2-11(20)13(12)18/h1-5,10,20H,6,19H2,(H,21,22). The highest BCUT2D eigenvalue weighted by Gasteiger charge is 2.17. The fourth-order valence-corrected chi connectivity index (χ4v) is 4.44. The molecule has 0 spiro atoms. The third-order valence-electron chi connectivity index (χ3n) is 2.99. The minimum atomic E-state index is -1.02. The van der Waals surface area contributed by atoms with Gasteiger partial charge in [-0.25, -0.2) is 0 Å². The highest BCUT2D eigenvalue weighted by Crippen LogP contribution is 2.37. The number of hydrogen-bond acceptors (Lipinski definition) is 4. The van der Waals surface area contributed by atoms with Crippen LogP contribution in [-0.2, 0) is 11.2 Å². The molecule has 0 aliphatic carbocycles. The number of carboxylic acid groups (broad SMARTS) is 1. The van der Waals surface area contributed by atoms with E-state index < -0.39 is 12.0 Å². The van der Waals surface area contributed by atoms with Gasteiger partial charge in [-0.1, -0.05) is 6.07 Å². The zero-order valence-corrected chi connectivity index (χ0v) is 18.1. The van der Waals surface area contributed by atoms with E-state index in [1.807, 2.05) is 34.7 Å². The molecule has 0 saturated carbocycles. The van der Waals surface area contributed by atoms with Crippen LogP contribution in [0.15, 0.2) is 30.3 Å². The molecule has 1 atom stereocenters. The van der Waals surface area contributed by atoms with Crippen LogP contribution in [0, 0.1) is 10.7 Å². The smallest absolute Gasteiger partial charge is 0.320 e. The van der Waals surface area contributed by atoms with Crippen molar-refractivity contribution < 1.29 is 19.7 Å². The van der Waals surface area contributed by atoms with Gasteiger partial charge in [-0.15, -0.1) is 0 Å². The van der Waals surface area contributed by atoms with Gasteiger partial charge in [-0.3, -0.25) is 4.79 Å². The molecule has 0 fully saturated rings. The van der Waals surface area contributed by atoms with Gasteiger partial charge in [0.1, 0.15) is 17.5 Å². The Kier molecular flexibility index (Phi) is 6.74. The predicted octanol–water partition coefficient (Wildman–Crippen LogP) is 3.95. The summed E-state index contributed by atoms with van der Waals surface area (Å²) in [7, 11) is 0. The molecule has 0 aliphatic heterocycles. The molecule has 8 heteroatoms. The molecule has 1 unspecified atom stereocenters. The van der Waals surface area contributed by atoms with Crippen LogP contribution in [0.3, 0.4) is 0 Å². The summed E-state index contributed by atoms with van der Waals surface area (Å²) in [5.74, 6) is 0.376. The number of phenols is 1. The van der Waals surface area contributed by atoms with Gasteiger partial charge in [0, 0.05) is 0 Å². The first-order chi connectivity index (χ1) is 10.8. The summed E-state index contributed by atoms with van der Waals surface area (Å²) in [4.78, 5) is 10.9. The maximum Gasteiger partial charge on any atom is 0.320 e. The molecule has 122 valence electrons. The van der Waals surface area contributed by atoms with Gasteiger partial charge < -0.3 is 20.7 Å². The number of nitrogens with two attached hydrogens (primary N) is 1. The minimum Gasteiger partial charge on any atom is -0.507 e. The van der Waals surface area contributed by atoms with Gasteiger partial charge in [-0.2, -0.15) is 0 Å². The van der Waals surface area contributed by atoms with Crippen LogP contribution in [0.2, 0.25) is 0 Å². The molecule has 0 heterocycles. The van der Waals surface area contributed by atoms with E-state index in [0.29, 0.717) is 15.1 Å². The molecule has 5 nitrogen and oxygen atoms in total. The van der Waals surface area contributed by atoms with Crippen LogP contribution in [0.4, 0.5) is 0 Å². The Morgan fingerprint density at radius 1 is 1.22 bits per heavy atom. The van der Waals surface area contributed by atoms with Gasteiger partial charge >= 0.3 is 5.97 Å². The van der Waals surface area contributed by atoms with Crippen molar-refractivity contribution in [2.45, 2.75) is 12.5 Å². The van der Waals surface area contributed by atoms with Gasteiger partial charge in [0.15, 0.2) is 5.75 Å². The van der Waals surface area contributed by atoms with Gasteiger partial charge in [0.25, 0.3) is 0 Å². The fraction of sp³-hybridized carbons (Fsp3) is 0.133. The van der Waals surface area contributed by atoms with Gasteiger partial charge in [-0.05, 0) is 104 Å². The lowest BCUT2D eigenvalue weighted by Gasteiger charge is -2.14. The van der Waals surface area contributed by atoms with E-state index in [4.69, 9.17) is 15.6 Å². The lowest BCUT2D eigenvalue weighted by atomic mass is 10.1. The Bertz CT molecular complexity index is 728. The van der Waals surface area contributed by atoms with Gasteiger partial charge in [0.2, 0.25) is 0 Å². The molecule has 2 aromatic carbocycles. The second-order valence-corrected chi connectivity index (χ2v) is 8.13. The number of rotatable bonds is 5. The molecule has 0 radical (unpaired) electrons. The number of ether oxygens (including phenoxy) is 1. The number of carboxylic acids is 1. The molecule has 2 aromatic rings. The van der Waals surface area contributed by atoms with Crippen molar-refractivity contribution in [3.8, 4) is 17.2 Å². The van der Waals surface area contributed by atoms with Crippen molar-refractivity contribution in [3.63, 3.8) is 0 Å². The van der Waals surface area contributed by atoms with E-state index in [1.54, 1.807) is 18.2 Å². The first kappa shape index (κ1) is 19.0. The van der Waals surface area contributed by atoms with E-state index in [-0.39, 0.29) is 12.2 Å². The number of aromatic hydroxyl groups is 1. The number of aliphatic carboxylic acids is 1. The van der Waals surface area contributed by atoms with Crippen LogP contribution in [0.25, 0.3) is 0 Å². The third-order valence-corrected chi connectivity index (χ3v) is 5.67. The summed E-state index contributed by atoms with van der Waals surface area (Å²) >= 11 is 6.30. The second-order valence-electron chi connectivity index (χ2n) is 4.73. The van der Waals surface area contributed by atoms with Crippen LogP contribution in [0.1, 0.15) is 5.56 Å². The molecule has 0 aliphatic rings. The number of benzene rings is 2. The highest BCUT2D eigenvalue weighted by atomic mass is 127. The van der Waals surface area contributed by atoms with Crippen LogP contribution in [-0.4, -0.2) is 22.2 Å². The summed E-state index contributed by atoms with van der Waals surface area (Å²) in [6, 6.07) is 7.88. The van der Waals surface area contributed by atoms with E-state index in [1.165, 1.54) is 0 Å². The second kappa shape index (κ2) is 8.16. The Morgan fingerprint density at radius 2 is 1.83 bits per heavy atom. The summed E-state index contributed by atoms with van der Waals surface area (Å²) < 4.78 is 8.26. The maximum absolute atomic E-state index is 10.9. The highest BCUT2D eigenvalue weighted by molar-refractivity contribution is 14.1. The van der Waals surface area contributed by atoms with Crippen molar-refractivity contribution >= 4 is 73.7 Å². The lowest BCUT2D eigenvalue weighted by molar-refractivity contribution is -0.138. The quantitative estimate of drug-likeness (QED) is 0.427. The SMILES string of the molecule is NC(Cc1cc(I)c(Oc2cccc(O)c2I)c(I)c1)C(=O)O. The first-order valence-electron chi connectivity index (χ1n) is 6.41. The average Bonchev–Trinajstić information content (AvgIpc) is 2.47. The normalized spacial score (nSPS) is 12.0. The van der Waals surface area contributed by atoms with E-state index in [2.05, 4.69) is 45.2 Å². The number of halogens is 3. The zero-order valence-electron chi connectivity index (χ0n) is 11.6. The summed E-state index contributed by atoms with van der Waals surface area (Å²) in [5, 5.41) is 18.7. The molecule has 0 bridgehead atoms. The lowest BCUT2D eigenvalue weighted by Crippen LogP contribution is -2.32. The Balaban J connectivity index is 2.30. The van der Waals surface area contributed by atoms with Crippen molar-refractivity contribution in [2.75, 3.05) is 0 Å². The summed E-state index contributed by atoms with van der Waals surface area (Å²) in [6.45, 7) is 0. The Labute approximate surface area is 174 Å². The van der Waals surface area contributed by atoms with Crippen molar-refractivity contribution in [1.29, 1.82) is 0 Å². The van der Waals surface area contributed by atoms with Crippen molar-refractivity contribution in [2.24, 2.45) is 5.73 Å². The third kappa shape index (κ3) is 4.82. The zero-order chi connectivity index (χ0) is 17.1. The minimum absolute atomic E-state index is 0.164. The summed E-state index contributed by atoms with van der Waals surface area (Å²) in [5.41, 5.74) is 6.42. The topological polar surface area (TPSA) is 92.8 Å². The fourth-order valence-electron chi connectivity index (χ4n) is 1.86. The van der Waals surface area contributed by atoms with E-state index >= 15 is 0 Å². The molecular weight excluding hydrogens is 639 g/mol. The van der Waals surface area contributed by atoms with Crippen LogP contribution < -0.4 is 10.5 Å². The molecule has 0 saturated heterocycles. The van der Waals surface area contributed by atoms with Gasteiger partial charge in [0.05, 0.1) is 10.7 Å².